The Morgan fingerprint density at radius 1 is 1.31 bits per heavy atom. The summed E-state index contributed by atoms with van der Waals surface area (Å²) in [6, 6.07) is 7.37. The maximum absolute atomic E-state index is 13.9. The number of fused-ring (bicyclic) bond motifs is 3. The van der Waals surface area contributed by atoms with Crippen LogP contribution in [0, 0.1) is 11.6 Å². The molecule has 3 aromatic rings. The number of hydrogen-bond donors (Lipinski definition) is 2. The number of aromatic nitrogens is 2. The molecule has 2 aliphatic heterocycles. The van der Waals surface area contributed by atoms with Crippen molar-refractivity contribution in [2.75, 3.05) is 19.3 Å². The van der Waals surface area contributed by atoms with Gasteiger partial charge in [0.05, 0.1) is 17.6 Å². The minimum Gasteiger partial charge on any atom is -0.381 e. The summed E-state index contributed by atoms with van der Waals surface area (Å²) >= 11 is 0. The molecule has 0 aliphatic carbocycles. The van der Waals surface area contributed by atoms with Crippen molar-refractivity contribution in [3.63, 3.8) is 0 Å². The molecule has 8 heteroatoms. The van der Waals surface area contributed by atoms with Crippen LogP contribution in [0.5, 0.6) is 0 Å². The maximum atomic E-state index is 13.9. The number of rotatable bonds is 2. The van der Waals surface area contributed by atoms with Gasteiger partial charge in [-0.1, -0.05) is 12.6 Å². The van der Waals surface area contributed by atoms with Crippen molar-refractivity contribution in [2.45, 2.75) is 18.5 Å². The largest absolute Gasteiger partial charge is 0.381 e. The number of likely N-dealkylation sites (tertiary alicyclic amines) is 1. The van der Waals surface area contributed by atoms with Crippen molar-refractivity contribution in [3.05, 3.63) is 71.1 Å². The van der Waals surface area contributed by atoms with Crippen molar-refractivity contribution in [2.24, 2.45) is 0 Å². The predicted octanol–water partition coefficient (Wildman–Crippen LogP) is 3.12. The average Bonchev–Trinajstić information content (AvgIpc) is 3.27. The highest BCUT2D eigenvalue weighted by Crippen LogP contribution is 2.51. The van der Waals surface area contributed by atoms with Gasteiger partial charge in [-0.25, -0.2) is 13.8 Å². The van der Waals surface area contributed by atoms with Gasteiger partial charge in [-0.05, 0) is 30.2 Å². The summed E-state index contributed by atoms with van der Waals surface area (Å²) in [5, 5.41) is 0. The molecule has 0 bridgehead atoms. The fourth-order valence-electron chi connectivity index (χ4n) is 4.59. The number of nitrogens with two attached hydrogens (primary N) is 1. The van der Waals surface area contributed by atoms with Crippen LogP contribution >= 0.6 is 0 Å². The Labute approximate surface area is 165 Å². The predicted molar refractivity (Wildman–Crippen MR) is 105 cm³/mol. The van der Waals surface area contributed by atoms with E-state index in [0.717, 1.165) is 17.8 Å². The molecule has 6 nitrogen and oxygen atoms in total. The summed E-state index contributed by atoms with van der Waals surface area (Å²) in [4.78, 5) is 24.2. The first kappa shape index (κ1) is 17.7. The van der Waals surface area contributed by atoms with Crippen molar-refractivity contribution >= 4 is 22.8 Å². The summed E-state index contributed by atoms with van der Waals surface area (Å²) < 4.78 is 27.6. The SMILES string of the molecule is C=C1N(C)CCC12c1ccc(F)cc1C(=O)N2Cc1cc2nc(N)c(F)cc2[nH]1. The molecule has 29 heavy (non-hydrogen) atoms. The minimum atomic E-state index is -0.732. The second-order valence-electron chi connectivity index (χ2n) is 7.64. The molecule has 1 fully saturated rings. The topological polar surface area (TPSA) is 78.2 Å². The number of nitrogens with one attached hydrogen (secondary N) is 1. The normalized spacial score (nSPS) is 21.1. The van der Waals surface area contributed by atoms with Crippen LogP contribution in [0.25, 0.3) is 11.0 Å². The zero-order chi connectivity index (χ0) is 20.5. The van der Waals surface area contributed by atoms with Crippen LogP contribution in [0.3, 0.4) is 0 Å². The van der Waals surface area contributed by atoms with Gasteiger partial charge in [0, 0.05) is 36.6 Å². The third kappa shape index (κ3) is 2.31. The lowest BCUT2D eigenvalue weighted by molar-refractivity contribution is 0.0596. The summed E-state index contributed by atoms with van der Waals surface area (Å²) in [5.74, 6) is -1.49. The van der Waals surface area contributed by atoms with Gasteiger partial charge in [0.1, 0.15) is 11.4 Å². The van der Waals surface area contributed by atoms with Crippen LogP contribution in [0.4, 0.5) is 14.6 Å². The molecular formula is C21H19F2N5O. The fourth-order valence-corrected chi connectivity index (χ4v) is 4.59. The van der Waals surface area contributed by atoms with Gasteiger partial charge >= 0.3 is 0 Å². The van der Waals surface area contributed by atoms with Gasteiger partial charge in [-0.2, -0.15) is 0 Å². The molecule has 1 atom stereocenters. The number of likely N-dealkylation sites (N-methyl/N-ethyl adjacent to an activating group) is 1. The molecule has 1 saturated heterocycles. The molecule has 5 rings (SSSR count). The lowest BCUT2D eigenvalue weighted by Crippen LogP contribution is -2.43. The number of amides is 1. The summed E-state index contributed by atoms with van der Waals surface area (Å²) in [5.41, 5.74) is 8.44. The highest BCUT2D eigenvalue weighted by Gasteiger charge is 2.55. The molecule has 0 saturated carbocycles. The smallest absolute Gasteiger partial charge is 0.255 e. The van der Waals surface area contributed by atoms with Crippen molar-refractivity contribution in [1.29, 1.82) is 0 Å². The van der Waals surface area contributed by atoms with E-state index >= 15 is 0 Å². The number of aromatic amines is 1. The molecule has 2 aromatic heterocycles. The number of benzene rings is 1. The van der Waals surface area contributed by atoms with E-state index in [9.17, 15) is 13.6 Å². The standard InChI is InChI=1S/C21H19F2N5O/c1-11-21(5-6-27(11)2)15-4-3-12(22)7-14(15)20(29)28(21)10-13-8-17-18(25-13)9-16(23)19(24)26-17/h3-4,7-9,25H,1,5-6,10H2,2H3,(H2,24,26). The van der Waals surface area contributed by atoms with Crippen LogP contribution < -0.4 is 5.73 Å². The number of carbonyl (C=O) groups excluding carboxylic acids is 1. The zero-order valence-corrected chi connectivity index (χ0v) is 15.8. The van der Waals surface area contributed by atoms with E-state index in [1.165, 1.54) is 18.2 Å². The summed E-state index contributed by atoms with van der Waals surface area (Å²) in [6.45, 7) is 5.19. The van der Waals surface area contributed by atoms with Crippen molar-refractivity contribution < 1.29 is 13.6 Å². The first-order valence-corrected chi connectivity index (χ1v) is 9.27. The van der Waals surface area contributed by atoms with E-state index in [1.807, 2.05) is 11.9 Å². The number of anilines is 1. The van der Waals surface area contributed by atoms with Gasteiger partial charge in [-0.3, -0.25) is 4.79 Å². The van der Waals surface area contributed by atoms with Crippen LogP contribution in [0.2, 0.25) is 0 Å². The average molecular weight is 395 g/mol. The Balaban J connectivity index is 1.62. The van der Waals surface area contributed by atoms with E-state index < -0.39 is 17.2 Å². The molecule has 148 valence electrons. The van der Waals surface area contributed by atoms with E-state index in [2.05, 4.69) is 16.5 Å². The lowest BCUT2D eigenvalue weighted by atomic mass is 9.86. The monoisotopic (exact) mass is 395 g/mol. The fraction of sp³-hybridized carbons (Fsp3) is 0.238. The molecule has 3 N–H and O–H groups in total. The van der Waals surface area contributed by atoms with E-state index in [-0.39, 0.29) is 18.3 Å². The number of nitrogen functional groups attached to an aromatic ring is 1. The Bertz CT molecular complexity index is 1160. The van der Waals surface area contributed by atoms with E-state index in [1.54, 1.807) is 17.0 Å². The number of H-pyrrole nitrogens is 1. The Kier molecular flexibility index (Phi) is 3.53. The van der Waals surface area contributed by atoms with E-state index in [0.29, 0.717) is 28.7 Å². The molecule has 1 aromatic carbocycles. The second kappa shape index (κ2) is 5.79. The minimum absolute atomic E-state index is 0.176. The number of hydrogen-bond acceptors (Lipinski definition) is 4. The van der Waals surface area contributed by atoms with Crippen LogP contribution in [0.15, 0.2) is 42.6 Å². The Hall–Kier alpha value is -3.42. The molecule has 2 aliphatic rings. The van der Waals surface area contributed by atoms with Gasteiger partial charge < -0.3 is 20.5 Å². The van der Waals surface area contributed by atoms with Gasteiger partial charge in [0.15, 0.2) is 11.6 Å². The molecule has 1 amide bonds. The lowest BCUT2D eigenvalue weighted by Gasteiger charge is -2.37. The number of halogens is 2. The van der Waals surface area contributed by atoms with Gasteiger partial charge in [-0.15, -0.1) is 0 Å². The van der Waals surface area contributed by atoms with Crippen LogP contribution in [-0.2, 0) is 12.1 Å². The molecule has 4 heterocycles. The van der Waals surface area contributed by atoms with Gasteiger partial charge in [0.2, 0.25) is 0 Å². The molecule has 0 radical (unpaired) electrons. The second-order valence-corrected chi connectivity index (χ2v) is 7.64. The molecule has 1 unspecified atom stereocenters. The maximum Gasteiger partial charge on any atom is 0.255 e. The van der Waals surface area contributed by atoms with Crippen molar-refractivity contribution in [3.8, 4) is 0 Å². The number of nitrogens with zero attached hydrogens (tertiary/aromatic N) is 3. The summed E-state index contributed by atoms with van der Waals surface area (Å²) in [7, 11) is 1.93. The molecule has 1 spiro atoms. The number of carbonyl (C=O) groups is 1. The zero-order valence-electron chi connectivity index (χ0n) is 15.8. The highest BCUT2D eigenvalue weighted by atomic mass is 19.1. The van der Waals surface area contributed by atoms with Crippen LogP contribution in [0.1, 0.15) is 28.0 Å². The Morgan fingerprint density at radius 3 is 2.83 bits per heavy atom. The quantitative estimate of drug-likeness (QED) is 0.699. The highest BCUT2D eigenvalue weighted by molar-refractivity contribution is 6.01. The van der Waals surface area contributed by atoms with E-state index in [4.69, 9.17) is 5.73 Å². The van der Waals surface area contributed by atoms with Crippen molar-refractivity contribution in [1.82, 2.24) is 19.8 Å². The Morgan fingerprint density at radius 2 is 2.10 bits per heavy atom. The first-order chi connectivity index (χ1) is 13.8. The van der Waals surface area contributed by atoms with Crippen LogP contribution in [-0.4, -0.2) is 39.3 Å². The molecular weight excluding hydrogens is 376 g/mol. The third-order valence-corrected chi connectivity index (χ3v) is 6.08. The summed E-state index contributed by atoms with van der Waals surface area (Å²) in [6.07, 6.45) is 0.659. The number of pyridine rings is 1. The third-order valence-electron chi connectivity index (χ3n) is 6.08. The first-order valence-electron chi connectivity index (χ1n) is 9.27. The van der Waals surface area contributed by atoms with Gasteiger partial charge in [0.25, 0.3) is 5.91 Å².